The van der Waals surface area contributed by atoms with Crippen LogP contribution in [0.25, 0.3) is 0 Å². The van der Waals surface area contributed by atoms with E-state index >= 15 is 0 Å². The van der Waals surface area contributed by atoms with Crippen LogP contribution in [0.5, 0.6) is 0 Å². The molecule has 4 heteroatoms. The molecule has 104 valence electrons. The summed E-state index contributed by atoms with van der Waals surface area (Å²) in [6.07, 6.45) is 2.59. The van der Waals surface area contributed by atoms with E-state index in [0.29, 0.717) is 6.04 Å². The molecule has 1 N–H and O–H groups in total. The molecular formula is C15H23N3S. The van der Waals surface area contributed by atoms with Crippen LogP contribution in [-0.4, -0.2) is 47.6 Å². The van der Waals surface area contributed by atoms with E-state index < -0.39 is 0 Å². The minimum Gasteiger partial charge on any atom is -0.351 e. The molecule has 1 fully saturated rings. The lowest BCUT2D eigenvalue weighted by atomic mass is 10.2. The van der Waals surface area contributed by atoms with Crippen LogP contribution in [0.15, 0.2) is 30.3 Å². The van der Waals surface area contributed by atoms with Gasteiger partial charge in [-0.05, 0) is 50.3 Å². The van der Waals surface area contributed by atoms with Gasteiger partial charge in [-0.2, -0.15) is 0 Å². The Bertz CT molecular complexity index is 407. The van der Waals surface area contributed by atoms with Crippen molar-refractivity contribution >= 4 is 23.0 Å². The van der Waals surface area contributed by atoms with Gasteiger partial charge in [0.05, 0.1) is 0 Å². The second kappa shape index (κ2) is 6.87. The van der Waals surface area contributed by atoms with Crippen LogP contribution in [-0.2, 0) is 0 Å². The molecular weight excluding hydrogens is 254 g/mol. The van der Waals surface area contributed by atoms with Crippen LogP contribution >= 0.6 is 12.2 Å². The van der Waals surface area contributed by atoms with Crippen molar-refractivity contribution in [1.29, 1.82) is 0 Å². The van der Waals surface area contributed by atoms with Crippen LogP contribution in [0, 0.1) is 0 Å². The van der Waals surface area contributed by atoms with Gasteiger partial charge in [-0.15, -0.1) is 0 Å². The van der Waals surface area contributed by atoms with E-state index in [1.807, 2.05) is 30.3 Å². The van der Waals surface area contributed by atoms with E-state index in [-0.39, 0.29) is 0 Å². The Kier molecular flexibility index (Phi) is 5.16. The van der Waals surface area contributed by atoms with Crippen molar-refractivity contribution in [1.82, 2.24) is 9.80 Å². The predicted molar refractivity (Wildman–Crippen MR) is 85.6 cm³/mol. The standard InChI is InChI=1S/C15H23N3S/c1-3-18-11-7-10-14(18)12-17(2)15(19)16-13-8-5-4-6-9-13/h4-6,8-9,14H,3,7,10-12H2,1-2H3,(H,16,19). The first-order valence-electron chi connectivity index (χ1n) is 7.02. The van der Waals surface area contributed by atoms with Gasteiger partial charge < -0.3 is 10.2 Å². The van der Waals surface area contributed by atoms with Crippen LogP contribution in [0.3, 0.4) is 0 Å². The number of thiocarbonyl (C=S) groups is 1. The highest BCUT2D eigenvalue weighted by molar-refractivity contribution is 7.80. The minimum absolute atomic E-state index is 0.644. The third-order valence-corrected chi connectivity index (χ3v) is 4.18. The topological polar surface area (TPSA) is 18.5 Å². The average molecular weight is 277 g/mol. The summed E-state index contributed by atoms with van der Waals surface area (Å²) >= 11 is 5.46. The average Bonchev–Trinajstić information content (AvgIpc) is 2.87. The molecule has 1 heterocycles. The first kappa shape index (κ1) is 14.3. The van der Waals surface area contributed by atoms with Gasteiger partial charge in [0.1, 0.15) is 0 Å². The van der Waals surface area contributed by atoms with Crippen molar-refractivity contribution in [2.75, 3.05) is 32.0 Å². The number of nitrogens with zero attached hydrogens (tertiary/aromatic N) is 2. The van der Waals surface area contributed by atoms with Crippen molar-refractivity contribution in [2.24, 2.45) is 0 Å². The quantitative estimate of drug-likeness (QED) is 0.853. The number of rotatable bonds is 4. The maximum Gasteiger partial charge on any atom is 0.173 e. The van der Waals surface area contributed by atoms with E-state index in [9.17, 15) is 0 Å². The van der Waals surface area contributed by atoms with E-state index in [1.54, 1.807) is 0 Å². The molecule has 1 aromatic carbocycles. The summed E-state index contributed by atoms with van der Waals surface area (Å²) in [5.41, 5.74) is 1.05. The first-order chi connectivity index (χ1) is 9.20. The highest BCUT2D eigenvalue weighted by atomic mass is 32.1. The summed E-state index contributed by atoms with van der Waals surface area (Å²) in [7, 11) is 2.07. The van der Waals surface area contributed by atoms with Gasteiger partial charge in [0, 0.05) is 25.3 Å². The molecule has 0 amide bonds. The Morgan fingerprint density at radius 3 is 2.84 bits per heavy atom. The van der Waals surface area contributed by atoms with Gasteiger partial charge in [0.2, 0.25) is 0 Å². The lowest BCUT2D eigenvalue weighted by Gasteiger charge is -2.29. The Morgan fingerprint density at radius 2 is 2.16 bits per heavy atom. The van der Waals surface area contributed by atoms with E-state index in [4.69, 9.17) is 12.2 Å². The third-order valence-electron chi connectivity index (χ3n) is 3.76. The first-order valence-corrected chi connectivity index (χ1v) is 7.42. The predicted octanol–water partition coefficient (Wildman–Crippen LogP) is 2.80. The van der Waals surface area contributed by atoms with Gasteiger partial charge in [-0.1, -0.05) is 25.1 Å². The van der Waals surface area contributed by atoms with Gasteiger partial charge in [0.15, 0.2) is 5.11 Å². The number of nitrogens with one attached hydrogen (secondary N) is 1. The Balaban J connectivity index is 1.85. The number of anilines is 1. The number of hydrogen-bond donors (Lipinski definition) is 1. The van der Waals surface area contributed by atoms with Crippen molar-refractivity contribution in [3.63, 3.8) is 0 Å². The number of para-hydroxylation sites is 1. The van der Waals surface area contributed by atoms with Crippen LogP contribution < -0.4 is 5.32 Å². The molecule has 0 aliphatic carbocycles. The fraction of sp³-hybridized carbons (Fsp3) is 0.533. The van der Waals surface area contributed by atoms with E-state index in [2.05, 4.69) is 29.1 Å². The molecule has 1 saturated heterocycles. The summed E-state index contributed by atoms with van der Waals surface area (Å²) in [6, 6.07) is 10.8. The van der Waals surface area contributed by atoms with E-state index in [1.165, 1.54) is 19.4 Å². The zero-order valence-corrected chi connectivity index (χ0v) is 12.6. The van der Waals surface area contributed by atoms with E-state index in [0.717, 1.165) is 23.9 Å². The fourth-order valence-corrected chi connectivity index (χ4v) is 2.85. The van der Waals surface area contributed by atoms with Crippen molar-refractivity contribution < 1.29 is 0 Å². The molecule has 0 spiro atoms. The SMILES string of the molecule is CCN1CCCC1CN(C)C(=S)Nc1ccccc1. The van der Waals surface area contributed by atoms with Crippen molar-refractivity contribution in [2.45, 2.75) is 25.8 Å². The van der Waals surface area contributed by atoms with Gasteiger partial charge >= 0.3 is 0 Å². The summed E-state index contributed by atoms with van der Waals surface area (Å²) in [6.45, 7) is 5.61. The molecule has 0 aromatic heterocycles. The van der Waals surface area contributed by atoms with Crippen LogP contribution in [0.2, 0.25) is 0 Å². The molecule has 19 heavy (non-hydrogen) atoms. The molecule has 1 atom stereocenters. The molecule has 1 aliphatic heterocycles. The second-order valence-corrected chi connectivity index (χ2v) is 5.49. The monoisotopic (exact) mass is 277 g/mol. The van der Waals surface area contributed by atoms with Gasteiger partial charge in [-0.3, -0.25) is 4.90 Å². The fourth-order valence-electron chi connectivity index (χ4n) is 2.66. The van der Waals surface area contributed by atoms with Crippen molar-refractivity contribution in [3.8, 4) is 0 Å². The molecule has 0 bridgehead atoms. The second-order valence-electron chi connectivity index (χ2n) is 5.10. The Hall–Kier alpha value is -1.13. The summed E-state index contributed by atoms with van der Waals surface area (Å²) in [5.74, 6) is 0. The van der Waals surface area contributed by atoms with Crippen molar-refractivity contribution in [3.05, 3.63) is 30.3 Å². The highest BCUT2D eigenvalue weighted by Crippen LogP contribution is 2.17. The summed E-state index contributed by atoms with van der Waals surface area (Å²) in [4.78, 5) is 4.70. The summed E-state index contributed by atoms with van der Waals surface area (Å²) in [5, 5.41) is 4.09. The molecule has 0 saturated carbocycles. The lowest BCUT2D eigenvalue weighted by Crippen LogP contribution is -2.42. The molecule has 3 nitrogen and oxygen atoms in total. The van der Waals surface area contributed by atoms with Gasteiger partial charge in [-0.25, -0.2) is 0 Å². The number of benzene rings is 1. The molecule has 1 aliphatic rings. The normalized spacial score (nSPS) is 19.4. The van der Waals surface area contributed by atoms with Gasteiger partial charge in [0.25, 0.3) is 0 Å². The smallest absolute Gasteiger partial charge is 0.173 e. The zero-order valence-electron chi connectivity index (χ0n) is 11.8. The number of likely N-dealkylation sites (tertiary alicyclic amines) is 1. The molecule has 1 unspecified atom stereocenters. The maximum atomic E-state index is 5.46. The largest absolute Gasteiger partial charge is 0.351 e. The molecule has 2 rings (SSSR count). The minimum atomic E-state index is 0.644. The molecule has 1 aromatic rings. The van der Waals surface area contributed by atoms with Crippen LogP contribution in [0.4, 0.5) is 5.69 Å². The Labute approximate surface area is 121 Å². The molecule has 0 radical (unpaired) electrons. The number of likely N-dealkylation sites (N-methyl/N-ethyl adjacent to an activating group) is 2. The Morgan fingerprint density at radius 1 is 1.42 bits per heavy atom. The zero-order chi connectivity index (χ0) is 13.7. The lowest BCUT2D eigenvalue weighted by molar-refractivity contribution is 0.235. The third kappa shape index (κ3) is 3.91. The van der Waals surface area contributed by atoms with Crippen LogP contribution in [0.1, 0.15) is 19.8 Å². The highest BCUT2D eigenvalue weighted by Gasteiger charge is 2.24. The maximum absolute atomic E-state index is 5.46. The number of hydrogen-bond acceptors (Lipinski definition) is 2. The summed E-state index contributed by atoms with van der Waals surface area (Å²) < 4.78 is 0.